The molecule has 1 fully saturated rings. The van der Waals surface area contributed by atoms with Crippen molar-refractivity contribution in [3.8, 4) is 0 Å². The second-order valence-corrected chi connectivity index (χ2v) is 5.15. The number of nitrogens with zero attached hydrogens (tertiary/aromatic N) is 2. The molecule has 88 valence electrons. The summed E-state index contributed by atoms with van der Waals surface area (Å²) < 4.78 is 14.3. The second kappa shape index (κ2) is 5.25. The van der Waals surface area contributed by atoms with Gasteiger partial charge in [-0.2, -0.15) is 0 Å². The molecular weight excluding hydrogens is 271 g/mol. The maximum atomic E-state index is 13.7. The van der Waals surface area contributed by atoms with Gasteiger partial charge in [-0.25, -0.2) is 4.39 Å². The van der Waals surface area contributed by atoms with Crippen LogP contribution in [-0.4, -0.2) is 43.0 Å². The third-order valence-electron chi connectivity index (χ3n) is 3.02. The van der Waals surface area contributed by atoms with Gasteiger partial charge in [0.1, 0.15) is 5.82 Å². The molecule has 1 saturated heterocycles. The lowest BCUT2D eigenvalue weighted by Crippen LogP contribution is -2.44. The summed E-state index contributed by atoms with van der Waals surface area (Å²) in [5.74, 6) is -0.124. The summed E-state index contributed by atoms with van der Waals surface area (Å²) in [6.07, 6.45) is 0. The van der Waals surface area contributed by atoms with Gasteiger partial charge in [-0.3, -0.25) is 4.90 Å². The Kier molecular flexibility index (Phi) is 3.95. The van der Waals surface area contributed by atoms with Gasteiger partial charge in [-0.1, -0.05) is 12.1 Å². The minimum absolute atomic E-state index is 0.124. The summed E-state index contributed by atoms with van der Waals surface area (Å²) in [6, 6.07) is 5.49. The van der Waals surface area contributed by atoms with Crippen molar-refractivity contribution in [1.82, 2.24) is 9.80 Å². The van der Waals surface area contributed by atoms with Crippen LogP contribution in [0.3, 0.4) is 0 Å². The first kappa shape index (κ1) is 12.0. The first-order valence-corrected chi connectivity index (χ1v) is 6.30. The van der Waals surface area contributed by atoms with Crippen molar-refractivity contribution < 1.29 is 4.39 Å². The predicted octanol–water partition coefficient (Wildman–Crippen LogP) is 2.34. The van der Waals surface area contributed by atoms with Crippen LogP contribution in [0.25, 0.3) is 0 Å². The van der Waals surface area contributed by atoms with Crippen LogP contribution in [0.5, 0.6) is 0 Å². The van der Waals surface area contributed by atoms with E-state index in [-0.39, 0.29) is 5.82 Å². The molecule has 0 N–H and O–H groups in total. The topological polar surface area (TPSA) is 6.48 Å². The Morgan fingerprint density at radius 3 is 2.62 bits per heavy atom. The van der Waals surface area contributed by atoms with Crippen LogP contribution in [-0.2, 0) is 6.54 Å². The molecular formula is C12H16BrFN2. The van der Waals surface area contributed by atoms with Crippen molar-refractivity contribution in [2.45, 2.75) is 6.54 Å². The fourth-order valence-corrected chi connectivity index (χ4v) is 2.32. The van der Waals surface area contributed by atoms with E-state index in [0.29, 0.717) is 11.0 Å². The number of hydrogen-bond acceptors (Lipinski definition) is 2. The van der Waals surface area contributed by atoms with Crippen LogP contribution >= 0.6 is 15.9 Å². The maximum absolute atomic E-state index is 13.7. The van der Waals surface area contributed by atoms with Gasteiger partial charge in [-0.15, -0.1) is 0 Å². The molecule has 1 aliphatic rings. The second-order valence-electron chi connectivity index (χ2n) is 4.29. The molecule has 1 aromatic rings. The molecule has 2 nitrogen and oxygen atoms in total. The number of halogens is 2. The summed E-state index contributed by atoms with van der Waals surface area (Å²) in [7, 11) is 2.12. The summed E-state index contributed by atoms with van der Waals surface area (Å²) >= 11 is 3.22. The lowest BCUT2D eigenvalue weighted by Gasteiger charge is -2.32. The molecule has 0 saturated carbocycles. The van der Waals surface area contributed by atoms with Crippen molar-refractivity contribution in [3.05, 3.63) is 34.1 Å². The van der Waals surface area contributed by atoms with Gasteiger partial charge in [-0.05, 0) is 29.0 Å². The van der Waals surface area contributed by atoms with Gasteiger partial charge in [0.05, 0.1) is 4.47 Å². The van der Waals surface area contributed by atoms with E-state index in [1.54, 1.807) is 6.07 Å². The van der Waals surface area contributed by atoms with Crippen LogP contribution < -0.4 is 0 Å². The fourth-order valence-electron chi connectivity index (χ4n) is 1.92. The van der Waals surface area contributed by atoms with E-state index >= 15 is 0 Å². The molecule has 2 rings (SSSR count). The van der Waals surface area contributed by atoms with Crippen LogP contribution in [0, 0.1) is 5.82 Å². The van der Waals surface area contributed by atoms with Crippen LogP contribution in [0.1, 0.15) is 5.56 Å². The number of hydrogen-bond donors (Lipinski definition) is 0. The van der Waals surface area contributed by atoms with Crippen molar-refractivity contribution in [2.75, 3.05) is 33.2 Å². The van der Waals surface area contributed by atoms with E-state index in [1.807, 2.05) is 12.1 Å². The van der Waals surface area contributed by atoms with Crippen molar-refractivity contribution >= 4 is 15.9 Å². The van der Waals surface area contributed by atoms with Gasteiger partial charge in [0.25, 0.3) is 0 Å². The van der Waals surface area contributed by atoms with Gasteiger partial charge in [0, 0.05) is 38.3 Å². The van der Waals surface area contributed by atoms with Gasteiger partial charge >= 0.3 is 0 Å². The Hall–Kier alpha value is -0.450. The van der Waals surface area contributed by atoms with Crippen LogP contribution in [0.4, 0.5) is 4.39 Å². The molecule has 0 radical (unpaired) electrons. The monoisotopic (exact) mass is 286 g/mol. The third-order valence-corrected chi connectivity index (χ3v) is 3.63. The fraction of sp³-hybridized carbons (Fsp3) is 0.500. The molecule has 0 bridgehead atoms. The minimum Gasteiger partial charge on any atom is -0.304 e. The van der Waals surface area contributed by atoms with Gasteiger partial charge in [0.15, 0.2) is 0 Å². The predicted molar refractivity (Wildman–Crippen MR) is 66.9 cm³/mol. The van der Waals surface area contributed by atoms with E-state index in [9.17, 15) is 4.39 Å². The van der Waals surface area contributed by atoms with Crippen molar-refractivity contribution in [2.24, 2.45) is 0 Å². The van der Waals surface area contributed by atoms with E-state index in [1.165, 1.54) is 0 Å². The largest absolute Gasteiger partial charge is 0.304 e. The Bertz CT molecular complexity index is 362. The van der Waals surface area contributed by atoms with Gasteiger partial charge in [0.2, 0.25) is 0 Å². The zero-order valence-electron chi connectivity index (χ0n) is 9.42. The standard InChI is InChI=1S/C12H16BrFN2/c1-15-5-7-16(8-6-15)9-10-3-2-4-11(13)12(10)14/h2-4H,5-9H2,1H3. The quantitative estimate of drug-likeness (QED) is 0.824. The van der Waals surface area contributed by atoms with E-state index in [4.69, 9.17) is 0 Å². The Morgan fingerprint density at radius 2 is 1.94 bits per heavy atom. The van der Waals surface area contributed by atoms with E-state index in [0.717, 1.165) is 31.7 Å². The number of rotatable bonds is 2. The Labute approximate surface area is 104 Å². The maximum Gasteiger partial charge on any atom is 0.141 e. The Balaban J connectivity index is 2.01. The minimum atomic E-state index is -0.124. The van der Waals surface area contributed by atoms with Crippen molar-refractivity contribution in [1.29, 1.82) is 0 Å². The zero-order chi connectivity index (χ0) is 11.5. The smallest absolute Gasteiger partial charge is 0.141 e. The summed E-state index contributed by atoms with van der Waals surface area (Å²) in [5.41, 5.74) is 0.777. The molecule has 0 unspecified atom stereocenters. The lowest BCUT2D eigenvalue weighted by molar-refractivity contribution is 0.147. The molecule has 0 aliphatic carbocycles. The first-order chi connectivity index (χ1) is 7.66. The molecule has 1 aliphatic heterocycles. The highest BCUT2D eigenvalue weighted by Crippen LogP contribution is 2.20. The third kappa shape index (κ3) is 2.81. The van der Waals surface area contributed by atoms with Crippen molar-refractivity contribution in [3.63, 3.8) is 0 Å². The van der Waals surface area contributed by atoms with E-state index < -0.39 is 0 Å². The summed E-state index contributed by atoms with van der Waals surface area (Å²) in [6.45, 7) is 4.87. The molecule has 0 amide bonds. The molecule has 1 heterocycles. The Morgan fingerprint density at radius 1 is 1.25 bits per heavy atom. The highest BCUT2D eigenvalue weighted by atomic mass is 79.9. The number of benzene rings is 1. The average molecular weight is 287 g/mol. The summed E-state index contributed by atoms with van der Waals surface area (Å²) in [4.78, 5) is 4.60. The first-order valence-electron chi connectivity index (χ1n) is 5.50. The van der Waals surface area contributed by atoms with E-state index in [2.05, 4.69) is 32.8 Å². The highest BCUT2D eigenvalue weighted by Gasteiger charge is 2.15. The molecule has 1 aromatic carbocycles. The molecule has 0 atom stereocenters. The average Bonchev–Trinajstić information content (AvgIpc) is 2.28. The normalized spacial score (nSPS) is 18.9. The van der Waals surface area contributed by atoms with Crippen LogP contribution in [0.2, 0.25) is 0 Å². The molecule has 0 spiro atoms. The van der Waals surface area contributed by atoms with Gasteiger partial charge < -0.3 is 4.90 Å². The highest BCUT2D eigenvalue weighted by molar-refractivity contribution is 9.10. The SMILES string of the molecule is CN1CCN(Cc2cccc(Br)c2F)CC1. The lowest BCUT2D eigenvalue weighted by atomic mass is 10.2. The summed E-state index contributed by atoms with van der Waals surface area (Å²) in [5, 5.41) is 0. The zero-order valence-corrected chi connectivity index (χ0v) is 11.0. The number of likely N-dealkylation sites (N-methyl/N-ethyl adjacent to an activating group) is 1. The molecule has 0 aromatic heterocycles. The molecule has 4 heteroatoms. The molecule has 16 heavy (non-hydrogen) atoms. The van der Waals surface area contributed by atoms with Crippen LogP contribution in [0.15, 0.2) is 22.7 Å². The number of piperazine rings is 1.